The molecule has 3 nitrogen and oxygen atoms in total. The highest BCUT2D eigenvalue weighted by Crippen LogP contribution is 2.33. The van der Waals surface area contributed by atoms with Crippen molar-refractivity contribution in [1.82, 2.24) is 0 Å². The van der Waals surface area contributed by atoms with E-state index in [-0.39, 0.29) is 6.10 Å². The summed E-state index contributed by atoms with van der Waals surface area (Å²) in [6.45, 7) is 4.58. The van der Waals surface area contributed by atoms with Crippen molar-refractivity contribution in [3.05, 3.63) is 65.7 Å². The standard InChI is InChI=1S/C22H32NO2/c1-5-6-17-24-21-15-11-10-14-20(21)22(19-12-8-7-9-13-19)25-18-16-23(2,3)4/h7-15,22H,5-6,16-18H2,1-4H3/q+1/t22-/m0/s1. The van der Waals surface area contributed by atoms with E-state index >= 15 is 0 Å². The van der Waals surface area contributed by atoms with Crippen molar-refractivity contribution in [3.63, 3.8) is 0 Å². The Morgan fingerprint density at radius 2 is 1.56 bits per heavy atom. The fourth-order valence-corrected chi connectivity index (χ4v) is 2.59. The van der Waals surface area contributed by atoms with E-state index in [2.05, 4.69) is 64.5 Å². The third-order valence-electron chi connectivity index (χ3n) is 4.11. The van der Waals surface area contributed by atoms with E-state index in [1.165, 1.54) is 0 Å². The summed E-state index contributed by atoms with van der Waals surface area (Å²) in [6, 6.07) is 18.7. The van der Waals surface area contributed by atoms with Gasteiger partial charge < -0.3 is 14.0 Å². The number of quaternary nitrogens is 1. The Balaban J connectivity index is 2.23. The number of para-hydroxylation sites is 1. The number of rotatable bonds is 10. The molecule has 1 atom stereocenters. The number of hydrogen-bond acceptors (Lipinski definition) is 2. The molecule has 0 unspecified atom stereocenters. The molecule has 2 aromatic carbocycles. The monoisotopic (exact) mass is 342 g/mol. The molecule has 25 heavy (non-hydrogen) atoms. The molecule has 0 heterocycles. The van der Waals surface area contributed by atoms with Crippen molar-refractivity contribution in [1.29, 1.82) is 0 Å². The molecule has 0 saturated carbocycles. The van der Waals surface area contributed by atoms with E-state index in [0.717, 1.165) is 47.4 Å². The topological polar surface area (TPSA) is 18.5 Å². The summed E-state index contributed by atoms with van der Waals surface area (Å²) in [5, 5.41) is 0. The van der Waals surface area contributed by atoms with Crippen molar-refractivity contribution in [2.24, 2.45) is 0 Å². The van der Waals surface area contributed by atoms with Crippen LogP contribution in [-0.4, -0.2) is 45.4 Å². The number of ether oxygens (including phenoxy) is 2. The van der Waals surface area contributed by atoms with Gasteiger partial charge in [0.1, 0.15) is 18.4 Å². The lowest BCUT2D eigenvalue weighted by Gasteiger charge is -2.26. The second-order valence-corrected chi connectivity index (χ2v) is 7.42. The molecule has 0 N–H and O–H groups in total. The molecule has 0 fully saturated rings. The Bertz CT molecular complexity index is 619. The van der Waals surface area contributed by atoms with Crippen LogP contribution in [0.15, 0.2) is 54.6 Å². The maximum atomic E-state index is 6.34. The number of benzene rings is 2. The third kappa shape index (κ3) is 6.52. The highest BCUT2D eigenvalue weighted by molar-refractivity contribution is 5.40. The van der Waals surface area contributed by atoms with Crippen LogP contribution < -0.4 is 4.74 Å². The first-order valence-electron chi connectivity index (χ1n) is 9.20. The fraction of sp³-hybridized carbons (Fsp3) is 0.455. The summed E-state index contributed by atoms with van der Waals surface area (Å²) in [6.07, 6.45) is 2.09. The van der Waals surface area contributed by atoms with Gasteiger partial charge in [0.2, 0.25) is 0 Å². The molecule has 2 aromatic rings. The minimum Gasteiger partial charge on any atom is -0.493 e. The van der Waals surface area contributed by atoms with E-state index < -0.39 is 0 Å². The minimum atomic E-state index is -0.106. The van der Waals surface area contributed by atoms with Gasteiger partial charge in [0.25, 0.3) is 0 Å². The molecule has 0 spiro atoms. The van der Waals surface area contributed by atoms with E-state index in [4.69, 9.17) is 9.47 Å². The van der Waals surface area contributed by atoms with Gasteiger partial charge in [-0.1, -0.05) is 61.9 Å². The number of likely N-dealkylation sites (N-methyl/N-ethyl adjacent to an activating group) is 1. The number of unbranched alkanes of at least 4 members (excludes halogenated alkanes) is 1. The van der Waals surface area contributed by atoms with Gasteiger partial charge >= 0.3 is 0 Å². The van der Waals surface area contributed by atoms with Gasteiger partial charge in [-0.15, -0.1) is 0 Å². The van der Waals surface area contributed by atoms with Crippen LogP contribution in [0.5, 0.6) is 5.75 Å². The zero-order chi connectivity index (χ0) is 18.1. The Morgan fingerprint density at radius 3 is 2.24 bits per heavy atom. The van der Waals surface area contributed by atoms with Crippen LogP contribution >= 0.6 is 0 Å². The van der Waals surface area contributed by atoms with Crippen LogP contribution in [0.25, 0.3) is 0 Å². The zero-order valence-electron chi connectivity index (χ0n) is 16.1. The zero-order valence-corrected chi connectivity index (χ0v) is 16.1. The summed E-state index contributed by atoms with van der Waals surface area (Å²) >= 11 is 0. The Morgan fingerprint density at radius 1 is 0.880 bits per heavy atom. The van der Waals surface area contributed by atoms with Gasteiger partial charge in [-0.25, -0.2) is 0 Å². The van der Waals surface area contributed by atoms with E-state index in [1.54, 1.807) is 0 Å². The van der Waals surface area contributed by atoms with Crippen LogP contribution in [0.2, 0.25) is 0 Å². The van der Waals surface area contributed by atoms with Crippen LogP contribution in [0.4, 0.5) is 0 Å². The molecule has 136 valence electrons. The normalized spacial score (nSPS) is 12.8. The third-order valence-corrected chi connectivity index (χ3v) is 4.11. The number of nitrogens with zero attached hydrogens (tertiary/aromatic N) is 1. The molecule has 2 rings (SSSR count). The van der Waals surface area contributed by atoms with Gasteiger partial charge in [0.05, 0.1) is 34.4 Å². The molecular formula is C22H32NO2+. The maximum Gasteiger partial charge on any atom is 0.125 e. The largest absolute Gasteiger partial charge is 0.493 e. The van der Waals surface area contributed by atoms with E-state index in [0.29, 0.717) is 6.61 Å². The summed E-state index contributed by atoms with van der Waals surface area (Å²) in [5.74, 6) is 0.926. The van der Waals surface area contributed by atoms with E-state index in [1.807, 2.05) is 18.2 Å². The summed E-state index contributed by atoms with van der Waals surface area (Å²) in [5.41, 5.74) is 2.27. The Labute approximate surface area is 152 Å². The molecule has 0 saturated heterocycles. The van der Waals surface area contributed by atoms with Crippen LogP contribution in [0, 0.1) is 0 Å². The molecule has 0 aliphatic carbocycles. The lowest BCUT2D eigenvalue weighted by molar-refractivity contribution is -0.870. The van der Waals surface area contributed by atoms with Crippen molar-refractivity contribution in [2.75, 3.05) is 40.9 Å². The van der Waals surface area contributed by atoms with Gasteiger partial charge in [-0.2, -0.15) is 0 Å². The quantitative estimate of drug-likeness (QED) is 0.461. The van der Waals surface area contributed by atoms with Gasteiger partial charge in [0, 0.05) is 5.56 Å². The van der Waals surface area contributed by atoms with Gasteiger partial charge in [0.15, 0.2) is 0 Å². The van der Waals surface area contributed by atoms with Gasteiger partial charge in [-0.05, 0) is 18.1 Å². The first kappa shape index (κ1) is 19.5. The predicted molar refractivity (Wildman–Crippen MR) is 104 cm³/mol. The van der Waals surface area contributed by atoms with Gasteiger partial charge in [-0.3, -0.25) is 0 Å². The molecule has 0 aliphatic heterocycles. The van der Waals surface area contributed by atoms with Crippen molar-refractivity contribution in [2.45, 2.75) is 25.9 Å². The van der Waals surface area contributed by atoms with Crippen LogP contribution in [0.1, 0.15) is 37.0 Å². The maximum absolute atomic E-state index is 6.34. The molecule has 0 bridgehead atoms. The average Bonchev–Trinajstić information content (AvgIpc) is 2.60. The highest BCUT2D eigenvalue weighted by atomic mass is 16.5. The van der Waals surface area contributed by atoms with Crippen molar-refractivity contribution in [3.8, 4) is 5.75 Å². The molecule has 0 aliphatic rings. The average molecular weight is 343 g/mol. The van der Waals surface area contributed by atoms with E-state index in [9.17, 15) is 0 Å². The van der Waals surface area contributed by atoms with Crippen LogP contribution in [-0.2, 0) is 4.74 Å². The molecule has 0 amide bonds. The first-order chi connectivity index (χ1) is 12.0. The van der Waals surface area contributed by atoms with Crippen molar-refractivity contribution >= 4 is 0 Å². The smallest absolute Gasteiger partial charge is 0.125 e. The molecular weight excluding hydrogens is 310 g/mol. The lowest BCUT2D eigenvalue weighted by Crippen LogP contribution is -2.37. The summed E-state index contributed by atoms with van der Waals surface area (Å²) in [7, 11) is 6.55. The summed E-state index contributed by atoms with van der Waals surface area (Å²) in [4.78, 5) is 0. The second-order valence-electron chi connectivity index (χ2n) is 7.42. The SMILES string of the molecule is CCCCOc1ccccc1[C@@H](OCC[N+](C)(C)C)c1ccccc1. The predicted octanol–water partition coefficient (Wildman–Crippen LogP) is 4.68. The molecule has 0 radical (unpaired) electrons. The van der Waals surface area contributed by atoms with Crippen molar-refractivity contribution < 1.29 is 14.0 Å². The van der Waals surface area contributed by atoms with Crippen LogP contribution in [0.3, 0.4) is 0 Å². The lowest BCUT2D eigenvalue weighted by atomic mass is 10.0. The molecule has 0 aromatic heterocycles. The number of hydrogen-bond donors (Lipinski definition) is 0. The minimum absolute atomic E-state index is 0.106. The first-order valence-corrected chi connectivity index (χ1v) is 9.20. The summed E-state index contributed by atoms with van der Waals surface area (Å²) < 4.78 is 13.3. The Kier molecular flexibility index (Phi) is 7.48. The second kappa shape index (κ2) is 9.59. The fourth-order valence-electron chi connectivity index (χ4n) is 2.59. The highest BCUT2D eigenvalue weighted by Gasteiger charge is 2.20. The Hall–Kier alpha value is -1.84. The molecule has 3 heteroatoms.